The Hall–Kier alpha value is -1.49. The van der Waals surface area contributed by atoms with Gasteiger partial charge in [-0.15, -0.1) is 0 Å². The Balaban J connectivity index is 1.86. The fourth-order valence-electron chi connectivity index (χ4n) is 3.87. The van der Waals surface area contributed by atoms with E-state index in [9.17, 15) is 5.26 Å². The maximum atomic E-state index is 9.39. The van der Waals surface area contributed by atoms with Gasteiger partial charge < -0.3 is 4.74 Å². The van der Waals surface area contributed by atoms with Crippen LogP contribution in [0.4, 0.5) is 0 Å². The van der Waals surface area contributed by atoms with E-state index in [2.05, 4.69) is 32.0 Å². The van der Waals surface area contributed by atoms with Crippen molar-refractivity contribution in [1.29, 1.82) is 5.26 Å². The van der Waals surface area contributed by atoms with E-state index in [0.717, 1.165) is 18.1 Å². The van der Waals surface area contributed by atoms with E-state index >= 15 is 0 Å². The number of hydrogen-bond acceptors (Lipinski definition) is 2. The molecule has 0 saturated heterocycles. The van der Waals surface area contributed by atoms with Crippen LogP contribution < -0.4 is 4.74 Å². The average Bonchev–Trinajstić information content (AvgIpc) is 2.64. The summed E-state index contributed by atoms with van der Waals surface area (Å²) in [5.74, 6) is 2.30. The lowest BCUT2D eigenvalue weighted by Gasteiger charge is -2.29. The van der Waals surface area contributed by atoms with Crippen LogP contribution in [0.25, 0.3) is 0 Å². The van der Waals surface area contributed by atoms with Crippen molar-refractivity contribution in [3.05, 3.63) is 29.3 Å². The van der Waals surface area contributed by atoms with Crippen molar-refractivity contribution in [2.45, 2.75) is 84.0 Å². The zero-order valence-corrected chi connectivity index (χ0v) is 15.5. The summed E-state index contributed by atoms with van der Waals surface area (Å²) in [6.45, 7) is 5.04. The summed E-state index contributed by atoms with van der Waals surface area (Å²) in [5.41, 5.74) is 2.03. The molecule has 1 aliphatic carbocycles. The summed E-state index contributed by atoms with van der Waals surface area (Å²) in [6, 6.07) is 8.55. The van der Waals surface area contributed by atoms with Crippen LogP contribution in [0.2, 0.25) is 0 Å². The third-order valence-electron chi connectivity index (χ3n) is 5.37. The Morgan fingerprint density at radius 2 is 1.83 bits per heavy atom. The number of nitriles is 1. The molecule has 1 aromatic carbocycles. The van der Waals surface area contributed by atoms with Crippen molar-refractivity contribution in [3.8, 4) is 11.8 Å². The van der Waals surface area contributed by atoms with Gasteiger partial charge in [-0.2, -0.15) is 5.26 Å². The molecule has 0 spiro atoms. The predicted octanol–water partition coefficient (Wildman–Crippen LogP) is 6.59. The van der Waals surface area contributed by atoms with Crippen LogP contribution >= 0.6 is 0 Å². The van der Waals surface area contributed by atoms with Gasteiger partial charge in [0.05, 0.1) is 12.2 Å². The molecular weight excluding hydrogens is 294 g/mol. The Labute approximate surface area is 148 Å². The van der Waals surface area contributed by atoms with Crippen LogP contribution in [-0.4, -0.2) is 6.61 Å². The van der Waals surface area contributed by atoms with Crippen molar-refractivity contribution in [2.24, 2.45) is 5.92 Å². The van der Waals surface area contributed by atoms with Crippen molar-refractivity contribution in [1.82, 2.24) is 0 Å². The molecule has 1 fully saturated rings. The van der Waals surface area contributed by atoms with Crippen molar-refractivity contribution >= 4 is 0 Å². The standard InChI is InChI=1S/C22H33NO/c1-3-5-6-7-8-18-9-11-19(12-10-18)20-13-14-22(24-15-4-2)21(16-20)17-23/h13-14,16,18-19H,3-12,15H2,1-2H3/t18-,19-. The summed E-state index contributed by atoms with van der Waals surface area (Å²) in [5, 5.41) is 9.39. The first-order valence-electron chi connectivity index (χ1n) is 9.95. The SMILES string of the molecule is CCCCCC[C@H]1CC[C@H](c2ccc(OCCC)c(C#N)c2)CC1. The van der Waals surface area contributed by atoms with Crippen LogP contribution in [-0.2, 0) is 0 Å². The first-order chi connectivity index (χ1) is 11.8. The van der Waals surface area contributed by atoms with Gasteiger partial charge in [0, 0.05) is 0 Å². The van der Waals surface area contributed by atoms with Gasteiger partial charge >= 0.3 is 0 Å². The normalized spacial score (nSPS) is 20.5. The molecule has 2 heteroatoms. The van der Waals surface area contributed by atoms with Gasteiger partial charge in [0.25, 0.3) is 0 Å². The summed E-state index contributed by atoms with van der Waals surface area (Å²) in [6.07, 6.45) is 13.2. The lowest BCUT2D eigenvalue weighted by Crippen LogP contribution is -2.13. The Kier molecular flexibility index (Phi) is 8.16. The van der Waals surface area contributed by atoms with Crippen molar-refractivity contribution in [3.63, 3.8) is 0 Å². The smallest absolute Gasteiger partial charge is 0.137 e. The highest BCUT2D eigenvalue weighted by atomic mass is 16.5. The van der Waals surface area contributed by atoms with Crippen LogP contribution in [0.5, 0.6) is 5.75 Å². The zero-order chi connectivity index (χ0) is 17.2. The molecule has 132 valence electrons. The van der Waals surface area contributed by atoms with Crippen LogP contribution in [0, 0.1) is 17.2 Å². The molecule has 0 amide bonds. The number of rotatable bonds is 9. The lowest BCUT2D eigenvalue weighted by molar-refractivity contribution is 0.301. The fraction of sp³-hybridized carbons (Fsp3) is 0.682. The van der Waals surface area contributed by atoms with Crippen molar-refractivity contribution < 1.29 is 4.74 Å². The average molecular weight is 328 g/mol. The molecule has 0 aliphatic heterocycles. The second-order valence-electron chi connectivity index (χ2n) is 7.28. The van der Waals surface area contributed by atoms with Crippen LogP contribution in [0.15, 0.2) is 18.2 Å². The second-order valence-corrected chi connectivity index (χ2v) is 7.28. The molecule has 0 N–H and O–H groups in total. The van der Waals surface area contributed by atoms with E-state index in [4.69, 9.17) is 4.74 Å². The summed E-state index contributed by atoms with van der Waals surface area (Å²) >= 11 is 0. The molecule has 0 atom stereocenters. The van der Waals surface area contributed by atoms with E-state index in [0.29, 0.717) is 18.1 Å². The Bertz CT molecular complexity index is 523. The summed E-state index contributed by atoms with van der Waals surface area (Å²) in [7, 11) is 0. The molecule has 1 saturated carbocycles. The van der Waals surface area contributed by atoms with E-state index < -0.39 is 0 Å². The highest BCUT2D eigenvalue weighted by Gasteiger charge is 2.22. The van der Waals surface area contributed by atoms with E-state index in [1.807, 2.05) is 6.07 Å². The van der Waals surface area contributed by atoms with E-state index in [1.54, 1.807) is 0 Å². The maximum Gasteiger partial charge on any atom is 0.137 e. The summed E-state index contributed by atoms with van der Waals surface area (Å²) < 4.78 is 5.68. The number of unbranched alkanes of at least 4 members (excludes halogenated alkanes) is 3. The third-order valence-corrected chi connectivity index (χ3v) is 5.37. The predicted molar refractivity (Wildman–Crippen MR) is 100 cm³/mol. The van der Waals surface area contributed by atoms with Gasteiger partial charge in [-0.05, 0) is 61.6 Å². The van der Waals surface area contributed by atoms with Crippen LogP contribution in [0.3, 0.4) is 0 Å². The van der Waals surface area contributed by atoms with Gasteiger partial charge in [-0.25, -0.2) is 0 Å². The van der Waals surface area contributed by atoms with Gasteiger partial charge in [-0.3, -0.25) is 0 Å². The zero-order valence-electron chi connectivity index (χ0n) is 15.5. The van der Waals surface area contributed by atoms with E-state index in [-0.39, 0.29) is 0 Å². The minimum atomic E-state index is 0.629. The highest BCUT2D eigenvalue weighted by molar-refractivity contribution is 5.46. The van der Waals surface area contributed by atoms with Gasteiger partial charge in [0.2, 0.25) is 0 Å². The van der Waals surface area contributed by atoms with Crippen molar-refractivity contribution in [2.75, 3.05) is 6.61 Å². The lowest BCUT2D eigenvalue weighted by atomic mass is 9.77. The Morgan fingerprint density at radius 3 is 2.50 bits per heavy atom. The topological polar surface area (TPSA) is 33.0 Å². The molecule has 1 aromatic rings. The van der Waals surface area contributed by atoms with Crippen LogP contribution in [0.1, 0.15) is 95.1 Å². The second kappa shape index (κ2) is 10.4. The molecule has 0 heterocycles. The fourth-order valence-corrected chi connectivity index (χ4v) is 3.87. The molecule has 2 nitrogen and oxygen atoms in total. The molecule has 0 bridgehead atoms. The first-order valence-corrected chi connectivity index (χ1v) is 9.95. The van der Waals surface area contributed by atoms with Gasteiger partial charge in [0.1, 0.15) is 11.8 Å². The minimum Gasteiger partial charge on any atom is -0.492 e. The number of ether oxygens (including phenoxy) is 1. The minimum absolute atomic E-state index is 0.629. The molecular formula is C22H33NO. The Morgan fingerprint density at radius 1 is 1.04 bits per heavy atom. The summed E-state index contributed by atoms with van der Waals surface area (Å²) in [4.78, 5) is 0. The van der Waals surface area contributed by atoms with E-state index in [1.165, 1.54) is 63.4 Å². The molecule has 24 heavy (non-hydrogen) atoms. The molecule has 1 aliphatic rings. The molecule has 0 unspecified atom stereocenters. The highest BCUT2D eigenvalue weighted by Crippen LogP contribution is 2.38. The quantitative estimate of drug-likeness (QED) is 0.479. The number of nitrogens with zero attached hydrogens (tertiary/aromatic N) is 1. The third kappa shape index (κ3) is 5.55. The monoisotopic (exact) mass is 327 g/mol. The largest absolute Gasteiger partial charge is 0.492 e. The van der Waals surface area contributed by atoms with Gasteiger partial charge in [-0.1, -0.05) is 52.0 Å². The molecule has 0 aromatic heterocycles. The number of benzene rings is 1. The maximum absolute atomic E-state index is 9.39. The molecule has 2 rings (SSSR count). The molecule has 0 radical (unpaired) electrons. The number of hydrogen-bond donors (Lipinski definition) is 0. The first kappa shape index (κ1) is 18.8. The van der Waals surface area contributed by atoms with Gasteiger partial charge in [0.15, 0.2) is 0 Å².